The van der Waals surface area contributed by atoms with E-state index in [9.17, 15) is 14.6 Å². The van der Waals surface area contributed by atoms with Crippen LogP contribution in [0.2, 0.25) is 0 Å². The number of nitrogens with two attached hydrogens (primary N) is 1. The molecule has 3 aromatic rings. The van der Waals surface area contributed by atoms with Gasteiger partial charge in [0.1, 0.15) is 28.4 Å². The molecule has 4 rings (SSSR count). The number of H-pyrrole nitrogens is 1. The molecule has 1 saturated carbocycles. The Kier molecular flexibility index (Phi) is 5.56. The number of hydrogen-bond acceptors (Lipinski definition) is 8. The van der Waals surface area contributed by atoms with Crippen LogP contribution in [0.15, 0.2) is 29.4 Å². The first-order valence-electron chi connectivity index (χ1n) is 10.3. The van der Waals surface area contributed by atoms with Gasteiger partial charge in [-0.05, 0) is 37.2 Å². The van der Waals surface area contributed by atoms with Crippen molar-refractivity contribution < 1.29 is 23.5 Å². The van der Waals surface area contributed by atoms with Crippen LogP contribution < -0.4 is 11.0 Å². The van der Waals surface area contributed by atoms with Gasteiger partial charge in [0.05, 0.1) is 30.5 Å². The van der Waals surface area contributed by atoms with Crippen LogP contribution in [0.1, 0.15) is 57.9 Å². The summed E-state index contributed by atoms with van der Waals surface area (Å²) in [6, 6.07) is 1.42. The van der Waals surface area contributed by atoms with Crippen molar-refractivity contribution in [2.75, 3.05) is 0 Å². The molecule has 0 radical (unpaired) electrons. The Morgan fingerprint density at radius 2 is 1.94 bits per heavy atom. The summed E-state index contributed by atoms with van der Waals surface area (Å²) in [6.07, 6.45) is 5.44. The molecule has 2 unspecified atom stereocenters. The van der Waals surface area contributed by atoms with Crippen LogP contribution in [0.3, 0.4) is 0 Å². The molecular formula is C20H28N5O5P. The Hall–Kier alpha value is -2.10. The number of aliphatic hydroxyl groups excluding tert-OH is 1. The van der Waals surface area contributed by atoms with E-state index in [0.717, 1.165) is 0 Å². The molecule has 3 heterocycles. The number of aliphatic hydroxyl groups is 1. The van der Waals surface area contributed by atoms with Crippen molar-refractivity contribution in [3.8, 4) is 0 Å². The molecule has 0 spiro atoms. The van der Waals surface area contributed by atoms with E-state index in [0.29, 0.717) is 42.5 Å². The number of fused-ring (bicyclic) bond motifs is 1. The fraction of sp³-hybridized carbons (Fsp3) is 0.550. The Balaban J connectivity index is 1.80. The molecular weight excluding hydrogens is 421 g/mol. The van der Waals surface area contributed by atoms with Gasteiger partial charge >= 0.3 is 7.60 Å². The second-order valence-corrected chi connectivity index (χ2v) is 10.8. The van der Waals surface area contributed by atoms with Crippen molar-refractivity contribution in [2.24, 2.45) is 11.1 Å². The van der Waals surface area contributed by atoms with Gasteiger partial charge in [-0.15, -0.1) is 0 Å². The zero-order valence-corrected chi connectivity index (χ0v) is 18.7. The van der Waals surface area contributed by atoms with E-state index >= 15 is 0 Å². The van der Waals surface area contributed by atoms with Crippen LogP contribution >= 0.6 is 7.60 Å². The molecule has 1 aliphatic rings. The molecule has 0 saturated heterocycles. The van der Waals surface area contributed by atoms with E-state index < -0.39 is 30.8 Å². The lowest BCUT2D eigenvalue weighted by Gasteiger charge is -2.40. The normalized spacial score (nSPS) is 24.1. The van der Waals surface area contributed by atoms with Crippen LogP contribution in [0.5, 0.6) is 0 Å². The largest absolute Gasteiger partial charge is 0.466 e. The maximum absolute atomic E-state index is 13.4. The zero-order valence-electron chi connectivity index (χ0n) is 17.8. The van der Waals surface area contributed by atoms with Crippen molar-refractivity contribution in [2.45, 2.75) is 64.2 Å². The maximum Gasteiger partial charge on any atom is 0.362 e. The molecule has 1 fully saturated rings. The number of hydrogen-bond donors (Lipinski definition) is 4. The molecule has 2 atom stereocenters. The summed E-state index contributed by atoms with van der Waals surface area (Å²) in [6.45, 7) is 5.69. The lowest BCUT2D eigenvalue weighted by Crippen LogP contribution is -2.52. The first-order valence-corrected chi connectivity index (χ1v) is 11.8. The smallest absolute Gasteiger partial charge is 0.362 e. The number of aromatic amines is 1. The number of rotatable bonds is 5. The number of aromatic nitrogens is 4. The first kappa shape index (κ1) is 22.1. The van der Waals surface area contributed by atoms with Gasteiger partial charge in [-0.3, -0.25) is 4.57 Å². The average Bonchev–Trinajstić information content (AvgIpc) is 3.37. The van der Waals surface area contributed by atoms with Crippen LogP contribution in [0, 0.1) is 5.41 Å². The first-order chi connectivity index (χ1) is 14.5. The van der Waals surface area contributed by atoms with Gasteiger partial charge in [-0.1, -0.05) is 20.8 Å². The highest BCUT2D eigenvalue weighted by molar-refractivity contribution is 7.61. The Morgan fingerprint density at radius 1 is 1.23 bits per heavy atom. The summed E-state index contributed by atoms with van der Waals surface area (Å²) in [7, 11) is -4.28. The number of imidazole rings is 1. The molecule has 0 amide bonds. The zero-order chi connectivity index (χ0) is 22.4. The van der Waals surface area contributed by atoms with Gasteiger partial charge in [0, 0.05) is 0 Å². The highest BCUT2D eigenvalue weighted by Crippen LogP contribution is 2.50. The lowest BCUT2D eigenvalue weighted by atomic mass is 9.70. The summed E-state index contributed by atoms with van der Waals surface area (Å²) in [5.74, 6) is 0.108. The van der Waals surface area contributed by atoms with Crippen molar-refractivity contribution in [3.63, 3.8) is 0 Å². The van der Waals surface area contributed by atoms with Crippen LogP contribution in [-0.2, 0) is 14.6 Å². The van der Waals surface area contributed by atoms with Gasteiger partial charge in [0.2, 0.25) is 0 Å². The van der Waals surface area contributed by atoms with E-state index in [-0.39, 0.29) is 11.1 Å². The minimum atomic E-state index is -4.28. The summed E-state index contributed by atoms with van der Waals surface area (Å²) in [5, 5.41) is 9.71. The highest BCUT2D eigenvalue weighted by Gasteiger charge is 2.51. The van der Waals surface area contributed by atoms with Crippen molar-refractivity contribution >= 4 is 24.1 Å². The molecule has 168 valence electrons. The molecule has 11 heteroatoms. The fourth-order valence-corrected chi connectivity index (χ4v) is 5.56. The maximum atomic E-state index is 13.4. The SMILES string of the molecule is CC(C)(C)C(N)(c1occc1P(=O)(O)OC1CCC(O)CC1)c1ncnc2nc[nH]c12. The monoisotopic (exact) mass is 449 g/mol. The standard InChI is InChI=1S/C20H28N5O5P/c1-19(2,3)20(21,16-15-18(24-10-22-15)25-11-23-16)17-14(8-9-29-17)31(27,28)30-13-6-4-12(26)5-7-13/h8-13,26H,4-7,21H2,1-3H3,(H,27,28)(H,22,23,24,25). The molecule has 10 nitrogen and oxygen atoms in total. The van der Waals surface area contributed by atoms with E-state index in [1.54, 1.807) is 0 Å². The summed E-state index contributed by atoms with van der Waals surface area (Å²) in [4.78, 5) is 26.7. The molecule has 5 N–H and O–H groups in total. The van der Waals surface area contributed by atoms with E-state index in [1.807, 2.05) is 20.8 Å². The van der Waals surface area contributed by atoms with Gasteiger partial charge in [0.15, 0.2) is 5.65 Å². The van der Waals surface area contributed by atoms with Gasteiger partial charge in [-0.25, -0.2) is 15.0 Å². The highest BCUT2D eigenvalue weighted by atomic mass is 31.2. The van der Waals surface area contributed by atoms with Crippen molar-refractivity contribution in [3.05, 3.63) is 36.4 Å². The van der Waals surface area contributed by atoms with Gasteiger partial charge in [0.25, 0.3) is 0 Å². The van der Waals surface area contributed by atoms with E-state index in [2.05, 4.69) is 19.9 Å². The molecule has 1 aliphatic carbocycles. The quantitative estimate of drug-likeness (QED) is 0.428. The average molecular weight is 449 g/mol. The Morgan fingerprint density at radius 3 is 2.61 bits per heavy atom. The summed E-state index contributed by atoms with van der Waals surface area (Å²) < 4.78 is 24.8. The van der Waals surface area contributed by atoms with E-state index in [1.165, 1.54) is 25.0 Å². The number of nitrogens with one attached hydrogen (secondary N) is 1. The fourth-order valence-electron chi connectivity index (χ4n) is 4.10. The molecule has 0 aliphatic heterocycles. The third-order valence-electron chi connectivity index (χ3n) is 6.02. The second kappa shape index (κ2) is 7.79. The van der Waals surface area contributed by atoms with Crippen LogP contribution in [0.4, 0.5) is 0 Å². The van der Waals surface area contributed by atoms with Crippen LogP contribution in [-0.4, -0.2) is 42.1 Å². The van der Waals surface area contributed by atoms with Crippen molar-refractivity contribution in [1.82, 2.24) is 19.9 Å². The lowest BCUT2D eigenvalue weighted by molar-refractivity contribution is 0.0621. The van der Waals surface area contributed by atoms with E-state index in [4.69, 9.17) is 14.7 Å². The summed E-state index contributed by atoms with van der Waals surface area (Å²) in [5.41, 5.74) is 6.26. The number of nitrogens with zero attached hydrogens (tertiary/aromatic N) is 3. The van der Waals surface area contributed by atoms with Gasteiger partial charge in [-0.2, -0.15) is 0 Å². The minimum absolute atomic E-state index is 0.00215. The second-order valence-electron chi connectivity index (χ2n) is 9.07. The molecule has 31 heavy (non-hydrogen) atoms. The molecule has 3 aromatic heterocycles. The third kappa shape index (κ3) is 3.83. The molecule has 0 aromatic carbocycles. The predicted molar refractivity (Wildman–Crippen MR) is 114 cm³/mol. The number of furan rings is 1. The predicted octanol–water partition coefficient (Wildman–Crippen LogP) is 2.33. The Bertz CT molecular complexity index is 1110. The van der Waals surface area contributed by atoms with Crippen molar-refractivity contribution in [1.29, 1.82) is 0 Å². The minimum Gasteiger partial charge on any atom is -0.466 e. The van der Waals surface area contributed by atoms with Gasteiger partial charge < -0.3 is 29.7 Å². The summed E-state index contributed by atoms with van der Waals surface area (Å²) >= 11 is 0. The Labute approximate surface area is 179 Å². The van der Waals surface area contributed by atoms with Crippen LogP contribution in [0.25, 0.3) is 11.2 Å². The topological polar surface area (TPSA) is 160 Å². The third-order valence-corrected chi connectivity index (χ3v) is 7.57. The molecule has 0 bridgehead atoms.